The molecule has 0 spiro atoms. The van der Waals surface area contributed by atoms with Crippen molar-refractivity contribution in [1.82, 2.24) is 4.72 Å². The van der Waals surface area contributed by atoms with Gasteiger partial charge in [0.05, 0.1) is 0 Å². The summed E-state index contributed by atoms with van der Waals surface area (Å²) in [5.74, 6) is -4.61. The van der Waals surface area contributed by atoms with Crippen LogP contribution < -0.4 is 4.72 Å². The van der Waals surface area contributed by atoms with Gasteiger partial charge in [0.15, 0.2) is 0 Å². The molecule has 0 aromatic heterocycles. The highest BCUT2D eigenvalue weighted by Crippen LogP contribution is 2.09. The fourth-order valence-electron chi connectivity index (χ4n) is 1.22. The third-order valence-corrected chi connectivity index (χ3v) is 3.10. The van der Waals surface area contributed by atoms with Crippen LogP contribution in [0.5, 0.6) is 0 Å². The molecule has 0 aliphatic rings. The van der Waals surface area contributed by atoms with Gasteiger partial charge in [-0.25, -0.2) is 17.9 Å². The molecular weight excluding hydrogens is 280 g/mol. The van der Waals surface area contributed by atoms with E-state index < -0.39 is 21.8 Å². The van der Waals surface area contributed by atoms with Gasteiger partial charge in [0.2, 0.25) is 0 Å². The third kappa shape index (κ3) is 5.14. The predicted molar refractivity (Wildman–Crippen MR) is 64.9 cm³/mol. The van der Waals surface area contributed by atoms with E-state index >= 15 is 0 Å². The van der Waals surface area contributed by atoms with Gasteiger partial charge in [0.25, 0.3) is 10.0 Å². The number of rotatable bonds is 6. The van der Waals surface area contributed by atoms with Gasteiger partial charge in [-0.15, -0.1) is 0 Å². The first kappa shape index (κ1) is 15.3. The van der Waals surface area contributed by atoms with Gasteiger partial charge < -0.3 is 5.11 Å². The molecule has 5 nitrogen and oxygen atoms in total. The Morgan fingerprint density at radius 2 is 2.11 bits per heavy atom. The minimum atomic E-state index is -4.63. The van der Waals surface area contributed by atoms with Crippen LogP contribution in [0.1, 0.15) is 11.1 Å². The topological polar surface area (TPSA) is 83.5 Å². The van der Waals surface area contributed by atoms with Crippen molar-refractivity contribution in [1.29, 1.82) is 0 Å². The van der Waals surface area contributed by atoms with Crippen molar-refractivity contribution in [3.8, 4) is 0 Å². The van der Waals surface area contributed by atoms with Crippen molar-refractivity contribution in [3.05, 3.63) is 41.5 Å². The van der Waals surface area contributed by atoms with Crippen LogP contribution >= 0.6 is 0 Å². The molecule has 0 saturated carbocycles. The lowest BCUT2D eigenvalue weighted by molar-refractivity contribution is -0.131. The number of halogens is 2. The van der Waals surface area contributed by atoms with E-state index in [1.54, 1.807) is 16.9 Å². The molecule has 1 aromatic carbocycles. The Hall–Kier alpha value is -1.80. The van der Waals surface area contributed by atoms with Gasteiger partial charge in [-0.05, 0) is 17.2 Å². The first-order valence-electron chi connectivity index (χ1n) is 5.08. The molecule has 19 heavy (non-hydrogen) atoms. The molecule has 1 rings (SSSR count). The second-order valence-corrected chi connectivity index (χ2v) is 5.28. The van der Waals surface area contributed by atoms with Crippen LogP contribution in [0, 0.1) is 0 Å². The van der Waals surface area contributed by atoms with Crippen molar-refractivity contribution in [2.45, 2.75) is 12.3 Å². The third-order valence-electron chi connectivity index (χ3n) is 2.08. The SMILES string of the molecule is O=C(O)/C=C/c1cccc(CNS(=O)(=O)C(F)F)c1. The number of carboxylic acids is 1. The summed E-state index contributed by atoms with van der Waals surface area (Å²) < 4.78 is 47.6. The van der Waals surface area contributed by atoms with Crippen LogP contribution in [-0.4, -0.2) is 25.3 Å². The van der Waals surface area contributed by atoms with Crippen molar-refractivity contribution in [2.75, 3.05) is 0 Å². The number of nitrogens with one attached hydrogen (secondary N) is 1. The zero-order valence-corrected chi connectivity index (χ0v) is 10.4. The normalized spacial score (nSPS) is 12.2. The Bertz CT molecular complexity index is 584. The maximum atomic E-state index is 12.1. The summed E-state index contributed by atoms with van der Waals surface area (Å²) in [6.07, 6.45) is 2.23. The number of carboxylic acid groups (broad SMARTS) is 1. The van der Waals surface area contributed by atoms with Crippen molar-refractivity contribution in [3.63, 3.8) is 0 Å². The molecular formula is C11H11F2NO4S. The van der Waals surface area contributed by atoms with Crippen molar-refractivity contribution < 1.29 is 27.1 Å². The van der Waals surface area contributed by atoms with Gasteiger partial charge in [0.1, 0.15) is 0 Å². The van der Waals surface area contributed by atoms with E-state index in [2.05, 4.69) is 0 Å². The molecule has 0 amide bonds. The van der Waals surface area contributed by atoms with E-state index in [1.807, 2.05) is 0 Å². The zero-order valence-electron chi connectivity index (χ0n) is 9.58. The largest absolute Gasteiger partial charge is 0.478 e. The van der Waals surface area contributed by atoms with Gasteiger partial charge in [0, 0.05) is 12.6 Å². The van der Waals surface area contributed by atoms with Crippen LogP contribution in [0.25, 0.3) is 6.08 Å². The lowest BCUT2D eigenvalue weighted by Crippen LogP contribution is -2.28. The number of aliphatic carboxylic acids is 1. The average molecular weight is 291 g/mol. The zero-order chi connectivity index (χ0) is 14.5. The van der Waals surface area contributed by atoms with Gasteiger partial charge in [-0.2, -0.15) is 8.78 Å². The minimum Gasteiger partial charge on any atom is -0.478 e. The van der Waals surface area contributed by atoms with E-state index in [0.29, 0.717) is 11.1 Å². The minimum absolute atomic E-state index is 0.290. The molecule has 0 radical (unpaired) electrons. The van der Waals surface area contributed by atoms with Crippen LogP contribution in [-0.2, 0) is 21.4 Å². The Labute approximate surface area is 108 Å². The maximum Gasteiger partial charge on any atom is 0.350 e. The standard InChI is InChI=1S/C11H11F2NO4S/c12-11(13)19(17,18)14-7-9-3-1-2-8(6-9)4-5-10(15)16/h1-6,11,14H,7H2,(H,15,16)/b5-4+. The molecule has 0 fully saturated rings. The van der Waals surface area contributed by atoms with Crippen molar-refractivity contribution in [2.24, 2.45) is 0 Å². The quantitative estimate of drug-likeness (QED) is 0.777. The van der Waals surface area contributed by atoms with E-state index in [9.17, 15) is 22.0 Å². The second kappa shape index (κ2) is 6.39. The molecule has 0 saturated heterocycles. The number of hydrogen-bond acceptors (Lipinski definition) is 3. The van der Waals surface area contributed by atoms with E-state index in [0.717, 1.165) is 6.08 Å². The van der Waals surface area contributed by atoms with Gasteiger partial charge in [-0.3, -0.25) is 0 Å². The van der Waals surface area contributed by atoms with Gasteiger partial charge in [-0.1, -0.05) is 24.3 Å². The van der Waals surface area contributed by atoms with Gasteiger partial charge >= 0.3 is 11.7 Å². The highest BCUT2D eigenvalue weighted by atomic mass is 32.2. The lowest BCUT2D eigenvalue weighted by Gasteiger charge is -2.06. The monoisotopic (exact) mass is 291 g/mol. The highest BCUT2D eigenvalue weighted by molar-refractivity contribution is 7.89. The lowest BCUT2D eigenvalue weighted by atomic mass is 10.1. The van der Waals surface area contributed by atoms with E-state index in [4.69, 9.17) is 5.11 Å². The second-order valence-electron chi connectivity index (χ2n) is 3.54. The Morgan fingerprint density at radius 3 is 2.68 bits per heavy atom. The number of sulfonamides is 1. The molecule has 8 heteroatoms. The van der Waals surface area contributed by atoms with Crippen LogP contribution in [0.2, 0.25) is 0 Å². The summed E-state index contributed by atoms with van der Waals surface area (Å²) in [6, 6.07) is 6.19. The summed E-state index contributed by atoms with van der Waals surface area (Å²) in [7, 11) is -4.63. The molecule has 1 aromatic rings. The molecule has 0 aliphatic heterocycles. The summed E-state index contributed by atoms with van der Waals surface area (Å²) in [6.45, 7) is -0.290. The molecule has 104 valence electrons. The first-order valence-corrected chi connectivity index (χ1v) is 6.62. The molecule has 2 N–H and O–H groups in total. The van der Waals surface area contributed by atoms with Crippen LogP contribution in [0.3, 0.4) is 0 Å². The fraction of sp³-hybridized carbons (Fsp3) is 0.182. The fourth-order valence-corrected chi connectivity index (χ4v) is 1.72. The summed E-state index contributed by atoms with van der Waals surface area (Å²) in [5.41, 5.74) is 0.966. The smallest absolute Gasteiger partial charge is 0.350 e. The van der Waals surface area contributed by atoms with E-state index in [-0.39, 0.29) is 6.54 Å². The first-order chi connectivity index (χ1) is 8.81. The van der Waals surface area contributed by atoms with Crippen LogP contribution in [0.4, 0.5) is 8.78 Å². The molecule has 0 unspecified atom stereocenters. The summed E-state index contributed by atoms with van der Waals surface area (Å²) in [5, 5.41) is 8.45. The number of carbonyl (C=O) groups is 1. The maximum absolute atomic E-state index is 12.1. The number of alkyl halides is 2. The molecule has 0 bridgehead atoms. The molecule has 0 atom stereocenters. The molecule has 0 heterocycles. The summed E-state index contributed by atoms with van der Waals surface area (Å²) in [4.78, 5) is 10.3. The predicted octanol–water partition coefficient (Wildman–Crippen LogP) is 1.43. The molecule has 0 aliphatic carbocycles. The Balaban J connectivity index is 2.76. The van der Waals surface area contributed by atoms with E-state index in [1.165, 1.54) is 18.2 Å². The number of benzene rings is 1. The Morgan fingerprint density at radius 1 is 1.42 bits per heavy atom. The van der Waals surface area contributed by atoms with Crippen LogP contribution in [0.15, 0.2) is 30.3 Å². The summed E-state index contributed by atoms with van der Waals surface area (Å²) >= 11 is 0. The number of hydrogen-bond donors (Lipinski definition) is 2. The Kier molecular flexibility index (Phi) is 5.13. The highest BCUT2D eigenvalue weighted by Gasteiger charge is 2.22. The van der Waals surface area contributed by atoms with Crippen molar-refractivity contribution >= 4 is 22.1 Å². The average Bonchev–Trinajstić information content (AvgIpc) is 2.34.